The SMILES string of the molecule is O=C1Nc2ccc3ncsc3c2C1Cc1c[nH]cn1. The van der Waals surface area contributed by atoms with Gasteiger partial charge < -0.3 is 10.3 Å². The Hall–Kier alpha value is -2.21. The van der Waals surface area contributed by atoms with Crippen molar-refractivity contribution in [2.75, 3.05) is 5.32 Å². The predicted octanol–water partition coefficient (Wildman–Crippen LogP) is 2.30. The predicted molar refractivity (Wildman–Crippen MR) is 73.3 cm³/mol. The number of carbonyl (C=O) groups excluding carboxylic acids is 1. The van der Waals surface area contributed by atoms with Crippen LogP contribution in [0.5, 0.6) is 0 Å². The Labute approximate surface area is 112 Å². The Morgan fingerprint density at radius 1 is 1.32 bits per heavy atom. The number of anilines is 1. The summed E-state index contributed by atoms with van der Waals surface area (Å²) in [6.07, 6.45) is 4.08. The highest BCUT2D eigenvalue weighted by atomic mass is 32.1. The number of rotatable bonds is 2. The Morgan fingerprint density at radius 2 is 2.26 bits per heavy atom. The smallest absolute Gasteiger partial charge is 0.232 e. The lowest BCUT2D eigenvalue weighted by atomic mass is 9.95. The molecule has 6 heteroatoms. The number of aromatic amines is 1. The standard InChI is InChI=1S/C13H10N4OS/c18-13-8(3-7-4-14-5-15-7)11-9(17-13)1-2-10-12(11)19-6-16-10/h1-2,4-6,8H,3H2,(H,14,15)(H,17,18). The molecule has 3 heterocycles. The lowest BCUT2D eigenvalue weighted by Crippen LogP contribution is -2.14. The molecule has 1 aliphatic heterocycles. The quantitative estimate of drug-likeness (QED) is 0.750. The van der Waals surface area contributed by atoms with Gasteiger partial charge in [0.15, 0.2) is 0 Å². The molecule has 1 aromatic carbocycles. The van der Waals surface area contributed by atoms with Gasteiger partial charge in [-0.15, -0.1) is 11.3 Å². The summed E-state index contributed by atoms with van der Waals surface area (Å²) >= 11 is 1.58. The van der Waals surface area contributed by atoms with Gasteiger partial charge in [-0.3, -0.25) is 4.79 Å². The minimum Gasteiger partial charge on any atom is -0.351 e. The van der Waals surface area contributed by atoms with E-state index in [2.05, 4.69) is 20.3 Å². The first-order chi connectivity index (χ1) is 9.33. The zero-order valence-electron chi connectivity index (χ0n) is 9.88. The number of amides is 1. The van der Waals surface area contributed by atoms with Gasteiger partial charge in [0.25, 0.3) is 0 Å². The molecule has 1 atom stereocenters. The zero-order valence-corrected chi connectivity index (χ0v) is 10.7. The maximum Gasteiger partial charge on any atom is 0.232 e. The Bertz CT molecular complexity index is 762. The summed E-state index contributed by atoms with van der Waals surface area (Å²) in [6, 6.07) is 3.88. The minimum absolute atomic E-state index is 0.0406. The van der Waals surface area contributed by atoms with Crippen LogP contribution in [-0.4, -0.2) is 20.9 Å². The van der Waals surface area contributed by atoms with Crippen LogP contribution >= 0.6 is 11.3 Å². The second-order valence-corrected chi connectivity index (χ2v) is 5.39. The summed E-state index contributed by atoms with van der Waals surface area (Å²) in [5, 5.41) is 2.94. The Balaban J connectivity index is 1.86. The van der Waals surface area contributed by atoms with Crippen LogP contribution in [0.15, 0.2) is 30.2 Å². The van der Waals surface area contributed by atoms with Gasteiger partial charge in [-0.25, -0.2) is 9.97 Å². The molecule has 0 radical (unpaired) electrons. The molecule has 19 heavy (non-hydrogen) atoms. The van der Waals surface area contributed by atoms with E-state index in [1.807, 2.05) is 23.8 Å². The fourth-order valence-corrected chi connectivity index (χ4v) is 3.45. The number of hydrogen-bond acceptors (Lipinski definition) is 4. The number of fused-ring (bicyclic) bond motifs is 3. The molecule has 5 nitrogen and oxygen atoms in total. The highest BCUT2D eigenvalue weighted by Gasteiger charge is 2.33. The molecule has 0 bridgehead atoms. The fourth-order valence-electron chi connectivity index (χ4n) is 2.56. The summed E-state index contributed by atoms with van der Waals surface area (Å²) in [7, 11) is 0. The third-order valence-corrected chi connectivity index (χ3v) is 4.30. The molecule has 0 fully saturated rings. The monoisotopic (exact) mass is 270 g/mol. The molecule has 0 aliphatic carbocycles. The summed E-state index contributed by atoms with van der Waals surface area (Å²) < 4.78 is 1.09. The number of H-pyrrole nitrogens is 1. The first-order valence-electron chi connectivity index (χ1n) is 5.97. The van der Waals surface area contributed by atoms with Crippen molar-refractivity contribution in [1.29, 1.82) is 0 Å². The van der Waals surface area contributed by atoms with Crippen molar-refractivity contribution in [2.24, 2.45) is 0 Å². The van der Waals surface area contributed by atoms with E-state index >= 15 is 0 Å². The van der Waals surface area contributed by atoms with E-state index in [-0.39, 0.29) is 11.8 Å². The van der Waals surface area contributed by atoms with E-state index in [0.717, 1.165) is 27.2 Å². The van der Waals surface area contributed by atoms with Gasteiger partial charge in [-0.05, 0) is 12.1 Å². The van der Waals surface area contributed by atoms with Gasteiger partial charge >= 0.3 is 0 Å². The first-order valence-corrected chi connectivity index (χ1v) is 6.85. The van der Waals surface area contributed by atoms with E-state index in [4.69, 9.17) is 0 Å². The van der Waals surface area contributed by atoms with Crippen molar-refractivity contribution in [3.63, 3.8) is 0 Å². The van der Waals surface area contributed by atoms with Gasteiger partial charge in [0.05, 0.1) is 33.7 Å². The molecule has 1 unspecified atom stereocenters. The van der Waals surface area contributed by atoms with Crippen LogP contribution in [0.1, 0.15) is 17.2 Å². The maximum atomic E-state index is 12.2. The van der Waals surface area contributed by atoms with Crippen molar-refractivity contribution in [3.05, 3.63) is 41.4 Å². The molecular weight excluding hydrogens is 260 g/mol. The number of nitrogens with one attached hydrogen (secondary N) is 2. The van der Waals surface area contributed by atoms with E-state index in [1.54, 1.807) is 17.7 Å². The molecule has 4 rings (SSSR count). The van der Waals surface area contributed by atoms with Crippen LogP contribution in [0, 0.1) is 0 Å². The number of carbonyl (C=O) groups is 1. The number of benzene rings is 1. The van der Waals surface area contributed by atoms with E-state index in [1.165, 1.54) is 0 Å². The molecule has 0 saturated carbocycles. The number of thiazole rings is 1. The highest BCUT2D eigenvalue weighted by molar-refractivity contribution is 7.17. The number of aromatic nitrogens is 3. The number of nitrogens with zero attached hydrogens (tertiary/aromatic N) is 2. The maximum absolute atomic E-state index is 12.2. The van der Waals surface area contributed by atoms with Gasteiger partial charge in [0.2, 0.25) is 5.91 Å². The van der Waals surface area contributed by atoms with Crippen molar-refractivity contribution in [1.82, 2.24) is 15.0 Å². The van der Waals surface area contributed by atoms with Crippen LogP contribution in [0.4, 0.5) is 5.69 Å². The second-order valence-electron chi connectivity index (χ2n) is 4.53. The van der Waals surface area contributed by atoms with Gasteiger partial charge in [-0.2, -0.15) is 0 Å². The van der Waals surface area contributed by atoms with Gasteiger partial charge in [0.1, 0.15) is 0 Å². The topological polar surface area (TPSA) is 70.7 Å². The molecule has 1 amide bonds. The summed E-state index contributed by atoms with van der Waals surface area (Å²) in [4.78, 5) is 23.6. The van der Waals surface area contributed by atoms with Crippen molar-refractivity contribution < 1.29 is 4.79 Å². The highest BCUT2D eigenvalue weighted by Crippen LogP contribution is 2.40. The lowest BCUT2D eigenvalue weighted by Gasteiger charge is -2.07. The van der Waals surface area contributed by atoms with Crippen LogP contribution in [0.3, 0.4) is 0 Å². The van der Waals surface area contributed by atoms with Gasteiger partial charge in [-0.1, -0.05) is 0 Å². The molecule has 2 aromatic heterocycles. The average Bonchev–Trinajstić information content (AvgIpc) is 3.10. The van der Waals surface area contributed by atoms with E-state index in [9.17, 15) is 4.79 Å². The third kappa shape index (κ3) is 1.57. The second kappa shape index (κ2) is 3.89. The Kier molecular flexibility index (Phi) is 2.19. The molecule has 0 spiro atoms. The van der Waals surface area contributed by atoms with Crippen LogP contribution in [0.2, 0.25) is 0 Å². The third-order valence-electron chi connectivity index (χ3n) is 3.43. The van der Waals surface area contributed by atoms with Crippen LogP contribution in [0.25, 0.3) is 10.2 Å². The number of hydrogen-bond donors (Lipinski definition) is 2. The van der Waals surface area contributed by atoms with Crippen molar-refractivity contribution in [3.8, 4) is 0 Å². The normalized spacial score (nSPS) is 17.7. The molecule has 2 N–H and O–H groups in total. The van der Waals surface area contributed by atoms with Crippen LogP contribution < -0.4 is 5.32 Å². The molecule has 0 saturated heterocycles. The summed E-state index contributed by atoms with van der Waals surface area (Å²) in [5.41, 5.74) is 5.64. The molecule has 3 aromatic rings. The number of imidazole rings is 1. The lowest BCUT2D eigenvalue weighted by molar-refractivity contribution is -0.117. The van der Waals surface area contributed by atoms with Crippen LogP contribution in [-0.2, 0) is 11.2 Å². The van der Waals surface area contributed by atoms with E-state index in [0.29, 0.717) is 6.42 Å². The molecule has 1 aliphatic rings. The summed E-state index contributed by atoms with van der Waals surface area (Å²) in [5.74, 6) is -0.138. The average molecular weight is 270 g/mol. The fraction of sp³-hybridized carbons (Fsp3) is 0.154. The Morgan fingerprint density at radius 3 is 3.11 bits per heavy atom. The van der Waals surface area contributed by atoms with Crippen molar-refractivity contribution in [2.45, 2.75) is 12.3 Å². The first kappa shape index (κ1) is 10.7. The van der Waals surface area contributed by atoms with Gasteiger partial charge in [0, 0.05) is 23.9 Å². The summed E-state index contributed by atoms with van der Waals surface area (Å²) in [6.45, 7) is 0. The largest absolute Gasteiger partial charge is 0.351 e. The zero-order chi connectivity index (χ0) is 12.8. The minimum atomic E-state index is -0.178. The van der Waals surface area contributed by atoms with E-state index < -0.39 is 0 Å². The molecule has 94 valence electrons. The van der Waals surface area contributed by atoms with Crippen molar-refractivity contribution >= 4 is 33.1 Å². The molecular formula is C13H10N4OS.